The first kappa shape index (κ1) is 21.7. The summed E-state index contributed by atoms with van der Waals surface area (Å²) in [7, 11) is 4.79. The number of ether oxygens (including phenoxy) is 2. The molecule has 0 aliphatic carbocycles. The summed E-state index contributed by atoms with van der Waals surface area (Å²) in [5.74, 6) is 0.154. The number of hydrogen-bond acceptors (Lipinski definition) is 5. The fourth-order valence-electron chi connectivity index (χ4n) is 2.71. The van der Waals surface area contributed by atoms with Crippen molar-refractivity contribution in [2.24, 2.45) is 4.99 Å². The molecule has 1 aliphatic heterocycles. The van der Waals surface area contributed by atoms with Crippen molar-refractivity contribution in [3.05, 3.63) is 35.4 Å². The molecule has 8 nitrogen and oxygen atoms in total. The quantitative estimate of drug-likeness (QED) is 0.412. The molecule has 1 saturated heterocycles. The summed E-state index contributed by atoms with van der Waals surface area (Å²) in [6.07, 6.45) is 3.45. The fourth-order valence-corrected chi connectivity index (χ4v) is 2.71. The molecule has 1 amide bonds. The number of rotatable bonds is 7. The summed E-state index contributed by atoms with van der Waals surface area (Å²) in [5, 5.41) is 6.33. The summed E-state index contributed by atoms with van der Waals surface area (Å²) in [4.78, 5) is 29.5. The lowest BCUT2D eigenvalue weighted by Crippen LogP contribution is -2.45. The zero-order valence-electron chi connectivity index (χ0n) is 16.9. The van der Waals surface area contributed by atoms with Crippen LogP contribution in [-0.4, -0.2) is 69.7 Å². The minimum absolute atomic E-state index is 0.0363. The Morgan fingerprint density at radius 3 is 2.57 bits per heavy atom. The average molecular weight is 390 g/mol. The van der Waals surface area contributed by atoms with Crippen molar-refractivity contribution in [2.75, 3.05) is 40.9 Å². The van der Waals surface area contributed by atoms with Gasteiger partial charge in [0.2, 0.25) is 5.91 Å². The van der Waals surface area contributed by atoms with E-state index in [1.807, 2.05) is 12.1 Å². The van der Waals surface area contributed by atoms with Crippen molar-refractivity contribution < 1.29 is 19.1 Å². The first-order valence-corrected chi connectivity index (χ1v) is 9.50. The number of nitrogens with zero attached hydrogens (tertiary/aromatic N) is 2. The van der Waals surface area contributed by atoms with Gasteiger partial charge in [0.1, 0.15) is 0 Å². The first-order chi connectivity index (χ1) is 13.5. The van der Waals surface area contributed by atoms with Gasteiger partial charge in [0.05, 0.1) is 31.9 Å². The van der Waals surface area contributed by atoms with Crippen LogP contribution in [0.4, 0.5) is 0 Å². The number of benzene rings is 1. The largest absolute Gasteiger partial charge is 0.465 e. The van der Waals surface area contributed by atoms with Crippen molar-refractivity contribution in [2.45, 2.75) is 31.9 Å². The SMILES string of the molecule is COC(=O)c1ccc(CN=C(NCC(=O)N(C)C)NCC2CCCCO2)cc1. The molecule has 0 bridgehead atoms. The Kier molecular flexibility index (Phi) is 8.74. The fraction of sp³-hybridized carbons (Fsp3) is 0.550. The van der Waals surface area contributed by atoms with Crippen LogP contribution in [0, 0.1) is 0 Å². The lowest BCUT2D eigenvalue weighted by atomic mass is 10.1. The van der Waals surface area contributed by atoms with E-state index in [1.54, 1.807) is 26.2 Å². The van der Waals surface area contributed by atoms with Gasteiger partial charge in [0, 0.05) is 27.2 Å². The van der Waals surface area contributed by atoms with Crippen LogP contribution in [0.1, 0.15) is 35.2 Å². The van der Waals surface area contributed by atoms with Gasteiger partial charge in [-0.2, -0.15) is 0 Å². The van der Waals surface area contributed by atoms with E-state index in [2.05, 4.69) is 15.6 Å². The van der Waals surface area contributed by atoms with Crippen LogP contribution in [-0.2, 0) is 20.8 Å². The maximum Gasteiger partial charge on any atom is 0.337 e. The van der Waals surface area contributed by atoms with Crippen LogP contribution in [0.2, 0.25) is 0 Å². The molecule has 1 unspecified atom stereocenters. The van der Waals surface area contributed by atoms with Crippen LogP contribution in [0.3, 0.4) is 0 Å². The van der Waals surface area contributed by atoms with Crippen molar-refractivity contribution >= 4 is 17.8 Å². The number of carbonyl (C=O) groups excluding carboxylic acids is 2. The molecule has 0 aromatic heterocycles. The van der Waals surface area contributed by atoms with E-state index >= 15 is 0 Å². The molecule has 2 rings (SSSR count). The number of esters is 1. The predicted octanol–water partition coefficient (Wildman–Crippen LogP) is 1.17. The second-order valence-electron chi connectivity index (χ2n) is 6.86. The van der Waals surface area contributed by atoms with Gasteiger partial charge in [-0.1, -0.05) is 12.1 Å². The number of hydrogen-bond donors (Lipinski definition) is 2. The molecule has 1 aliphatic rings. The number of likely N-dealkylation sites (N-methyl/N-ethyl adjacent to an activating group) is 1. The number of nitrogens with one attached hydrogen (secondary N) is 2. The van der Waals surface area contributed by atoms with Gasteiger partial charge in [0.15, 0.2) is 5.96 Å². The second kappa shape index (κ2) is 11.3. The highest BCUT2D eigenvalue weighted by Crippen LogP contribution is 2.11. The molecule has 1 atom stereocenters. The van der Waals surface area contributed by atoms with E-state index in [-0.39, 0.29) is 24.5 Å². The Bertz CT molecular complexity index is 667. The van der Waals surface area contributed by atoms with Crippen molar-refractivity contribution in [3.8, 4) is 0 Å². The van der Waals surface area contributed by atoms with Gasteiger partial charge in [-0.05, 0) is 37.0 Å². The van der Waals surface area contributed by atoms with E-state index in [0.29, 0.717) is 24.6 Å². The van der Waals surface area contributed by atoms with Crippen LogP contribution in [0.15, 0.2) is 29.3 Å². The molecule has 0 saturated carbocycles. The smallest absolute Gasteiger partial charge is 0.337 e. The molecular weight excluding hydrogens is 360 g/mol. The number of carbonyl (C=O) groups is 2. The molecule has 1 heterocycles. The van der Waals surface area contributed by atoms with Crippen molar-refractivity contribution in [1.29, 1.82) is 0 Å². The Balaban J connectivity index is 1.97. The normalized spacial score (nSPS) is 17.0. The standard InChI is InChI=1S/C20H30N4O4/c1-24(2)18(25)14-23-20(22-13-17-6-4-5-11-28-17)21-12-15-7-9-16(10-8-15)19(26)27-3/h7-10,17H,4-6,11-14H2,1-3H3,(H2,21,22,23). The molecule has 1 fully saturated rings. The molecule has 8 heteroatoms. The van der Waals surface area contributed by atoms with Crippen LogP contribution >= 0.6 is 0 Å². The van der Waals surface area contributed by atoms with E-state index in [4.69, 9.17) is 9.47 Å². The minimum Gasteiger partial charge on any atom is -0.465 e. The molecule has 28 heavy (non-hydrogen) atoms. The van der Waals surface area contributed by atoms with Gasteiger partial charge in [0.25, 0.3) is 0 Å². The highest BCUT2D eigenvalue weighted by atomic mass is 16.5. The van der Waals surface area contributed by atoms with Crippen molar-refractivity contribution in [1.82, 2.24) is 15.5 Å². The summed E-state index contributed by atoms with van der Waals surface area (Å²) < 4.78 is 10.4. The molecule has 1 aromatic carbocycles. The van der Waals surface area contributed by atoms with E-state index < -0.39 is 0 Å². The summed E-state index contributed by atoms with van der Waals surface area (Å²) in [5.41, 5.74) is 1.44. The van der Waals surface area contributed by atoms with Gasteiger partial charge >= 0.3 is 5.97 Å². The van der Waals surface area contributed by atoms with E-state index in [0.717, 1.165) is 31.4 Å². The Morgan fingerprint density at radius 1 is 1.21 bits per heavy atom. The Hall–Kier alpha value is -2.61. The van der Waals surface area contributed by atoms with E-state index in [1.165, 1.54) is 12.0 Å². The molecule has 0 spiro atoms. The number of aliphatic imine (C=N–C) groups is 1. The number of amides is 1. The third-order valence-corrected chi connectivity index (χ3v) is 4.47. The lowest BCUT2D eigenvalue weighted by Gasteiger charge is -2.24. The lowest BCUT2D eigenvalue weighted by molar-refractivity contribution is -0.127. The Morgan fingerprint density at radius 2 is 1.96 bits per heavy atom. The molecular formula is C20H30N4O4. The topological polar surface area (TPSA) is 92.3 Å². The Labute approximate surface area is 166 Å². The van der Waals surface area contributed by atoms with Crippen LogP contribution in [0.25, 0.3) is 0 Å². The van der Waals surface area contributed by atoms with Gasteiger partial charge in [-0.25, -0.2) is 9.79 Å². The molecule has 0 radical (unpaired) electrons. The summed E-state index contributed by atoms with van der Waals surface area (Å²) in [6.45, 7) is 2.01. The monoisotopic (exact) mass is 390 g/mol. The molecule has 154 valence electrons. The number of methoxy groups -OCH3 is 1. The van der Waals surface area contributed by atoms with Gasteiger partial charge < -0.3 is 25.0 Å². The predicted molar refractivity (Wildman–Crippen MR) is 107 cm³/mol. The third kappa shape index (κ3) is 7.19. The number of guanidine groups is 1. The van der Waals surface area contributed by atoms with Crippen LogP contribution in [0.5, 0.6) is 0 Å². The zero-order chi connectivity index (χ0) is 20.4. The minimum atomic E-state index is -0.367. The summed E-state index contributed by atoms with van der Waals surface area (Å²) >= 11 is 0. The average Bonchev–Trinajstić information content (AvgIpc) is 2.73. The van der Waals surface area contributed by atoms with Gasteiger partial charge in [-0.3, -0.25) is 4.79 Å². The van der Waals surface area contributed by atoms with Gasteiger partial charge in [-0.15, -0.1) is 0 Å². The third-order valence-electron chi connectivity index (χ3n) is 4.47. The highest BCUT2D eigenvalue weighted by Gasteiger charge is 2.14. The maximum absolute atomic E-state index is 11.9. The second-order valence-corrected chi connectivity index (χ2v) is 6.86. The van der Waals surface area contributed by atoms with Crippen molar-refractivity contribution in [3.63, 3.8) is 0 Å². The maximum atomic E-state index is 11.9. The zero-order valence-corrected chi connectivity index (χ0v) is 16.9. The van der Waals surface area contributed by atoms with E-state index in [9.17, 15) is 9.59 Å². The summed E-state index contributed by atoms with van der Waals surface area (Å²) in [6, 6.07) is 7.09. The molecule has 2 N–H and O–H groups in total. The first-order valence-electron chi connectivity index (χ1n) is 9.50. The van der Waals surface area contributed by atoms with Crippen LogP contribution < -0.4 is 10.6 Å². The molecule has 1 aromatic rings. The highest BCUT2D eigenvalue weighted by molar-refractivity contribution is 5.89.